The third-order valence-electron chi connectivity index (χ3n) is 5.27. The van der Waals surface area contributed by atoms with Gasteiger partial charge in [0.15, 0.2) is 11.6 Å². The van der Waals surface area contributed by atoms with E-state index in [4.69, 9.17) is 4.42 Å². The molecule has 0 saturated carbocycles. The highest BCUT2D eigenvalue weighted by Gasteiger charge is 2.30. The maximum Gasteiger partial charge on any atom is 0.275 e. The zero-order valence-electron chi connectivity index (χ0n) is 14.5. The lowest BCUT2D eigenvalue weighted by Crippen LogP contribution is -2.36. The molecule has 1 N–H and O–H groups in total. The summed E-state index contributed by atoms with van der Waals surface area (Å²) in [4.78, 5) is 19.4. The molecule has 132 valence electrons. The highest BCUT2D eigenvalue weighted by molar-refractivity contribution is 5.94. The molecule has 0 radical (unpaired) electrons. The highest BCUT2D eigenvalue weighted by atomic mass is 16.4. The SMILES string of the molecule is O=C(c1n[nH]c2c1CCC2)N1CCc2oc(Cc3ccccc3)nc2C1. The summed E-state index contributed by atoms with van der Waals surface area (Å²) in [6.45, 7) is 1.14. The van der Waals surface area contributed by atoms with Gasteiger partial charge in [0, 0.05) is 30.6 Å². The van der Waals surface area contributed by atoms with Crippen LogP contribution >= 0.6 is 0 Å². The van der Waals surface area contributed by atoms with Crippen LogP contribution in [-0.2, 0) is 32.2 Å². The van der Waals surface area contributed by atoms with Crippen molar-refractivity contribution in [3.63, 3.8) is 0 Å². The number of hydrogen-bond donors (Lipinski definition) is 1. The first-order valence-electron chi connectivity index (χ1n) is 9.14. The van der Waals surface area contributed by atoms with E-state index in [0.717, 1.165) is 47.9 Å². The zero-order valence-corrected chi connectivity index (χ0v) is 14.5. The van der Waals surface area contributed by atoms with Crippen molar-refractivity contribution >= 4 is 5.91 Å². The summed E-state index contributed by atoms with van der Waals surface area (Å²) in [5.74, 6) is 1.63. The third-order valence-corrected chi connectivity index (χ3v) is 5.27. The molecular formula is C20H20N4O2. The largest absolute Gasteiger partial charge is 0.445 e. The molecule has 0 unspecified atom stereocenters. The van der Waals surface area contributed by atoms with Crippen LogP contribution < -0.4 is 0 Å². The standard InChI is InChI=1S/C20H20N4O2/c25-20(19-14-7-4-8-15(14)22-23-19)24-10-9-17-16(12-24)21-18(26-17)11-13-5-2-1-3-6-13/h1-3,5-6H,4,7-12H2,(H,22,23). The number of aromatic nitrogens is 3. The normalized spacial score (nSPS) is 15.8. The molecule has 1 amide bonds. The molecule has 3 aromatic rings. The molecule has 0 fully saturated rings. The maximum atomic E-state index is 12.9. The quantitative estimate of drug-likeness (QED) is 0.790. The van der Waals surface area contributed by atoms with Gasteiger partial charge in [-0.15, -0.1) is 0 Å². The lowest BCUT2D eigenvalue weighted by molar-refractivity contribution is 0.0721. The first-order valence-corrected chi connectivity index (χ1v) is 9.14. The van der Waals surface area contributed by atoms with Crippen molar-refractivity contribution in [3.8, 4) is 0 Å². The van der Waals surface area contributed by atoms with E-state index in [9.17, 15) is 4.79 Å². The third kappa shape index (κ3) is 2.62. The van der Waals surface area contributed by atoms with Crippen LogP contribution in [0.5, 0.6) is 0 Å². The van der Waals surface area contributed by atoms with Gasteiger partial charge in [0.05, 0.1) is 6.54 Å². The van der Waals surface area contributed by atoms with E-state index in [1.807, 2.05) is 23.1 Å². The first-order chi connectivity index (χ1) is 12.8. The molecule has 0 spiro atoms. The Balaban J connectivity index is 1.34. The number of carbonyl (C=O) groups is 1. The summed E-state index contributed by atoms with van der Waals surface area (Å²) in [6, 6.07) is 10.2. The number of amides is 1. The van der Waals surface area contributed by atoms with Crippen LogP contribution in [0.1, 0.15) is 51.1 Å². The molecule has 0 atom stereocenters. The Morgan fingerprint density at radius 3 is 2.96 bits per heavy atom. The highest BCUT2D eigenvalue weighted by Crippen LogP contribution is 2.26. The van der Waals surface area contributed by atoms with Crippen LogP contribution in [0.25, 0.3) is 0 Å². The Morgan fingerprint density at radius 2 is 2.08 bits per heavy atom. The fourth-order valence-electron chi connectivity index (χ4n) is 3.92. The van der Waals surface area contributed by atoms with Crippen LogP contribution in [0.3, 0.4) is 0 Å². The minimum Gasteiger partial charge on any atom is -0.445 e. The van der Waals surface area contributed by atoms with E-state index in [-0.39, 0.29) is 5.91 Å². The lowest BCUT2D eigenvalue weighted by Gasteiger charge is -2.24. The predicted molar refractivity (Wildman–Crippen MR) is 94.8 cm³/mol. The summed E-state index contributed by atoms with van der Waals surface area (Å²) >= 11 is 0. The summed E-state index contributed by atoms with van der Waals surface area (Å²) in [5.41, 5.74) is 4.87. The number of fused-ring (bicyclic) bond motifs is 2. The predicted octanol–water partition coefficient (Wildman–Crippen LogP) is 2.68. The number of aryl methyl sites for hydroxylation is 1. The minimum atomic E-state index is 0.00246. The monoisotopic (exact) mass is 348 g/mol. The summed E-state index contributed by atoms with van der Waals surface area (Å²) < 4.78 is 5.93. The average Bonchev–Trinajstić information content (AvgIpc) is 3.36. The van der Waals surface area contributed by atoms with Gasteiger partial charge < -0.3 is 9.32 Å². The Morgan fingerprint density at radius 1 is 1.19 bits per heavy atom. The topological polar surface area (TPSA) is 75.0 Å². The number of benzene rings is 1. The number of nitrogens with one attached hydrogen (secondary N) is 1. The van der Waals surface area contributed by atoms with Crippen LogP contribution in [0.2, 0.25) is 0 Å². The van der Waals surface area contributed by atoms with E-state index >= 15 is 0 Å². The van der Waals surface area contributed by atoms with Crippen LogP contribution in [-0.4, -0.2) is 32.5 Å². The number of nitrogens with zero attached hydrogens (tertiary/aromatic N) is 3. The van der Waals surface area contributed by atoms with Crippen LogP contribution in [0.4, 0.5) is 0 Å². The van der Waals surface area contributed by atoms with Gasteiger partial charge in [-0.25, -0.2) is 4.98 Å². The molecule has 1 aromatic carbocycles. The van der Waals surface area contributed by atoms with E-state index in [0.29, 0.717) is 31.6 Å². The Bertz CT molecular complexity index is 958. The lowest BCUT2D eigenvalue weighted by atomic mass is 10.1. The average molecular weight is 348 g/mol. The molecule has 6 heteroatoms. The maximum absolute atomic E-state index is 12.9. The molecule has 0 saturated heterocycles. The van der Waals surface area contributed by atoms with Crippen molar-refractivity contribution < 1.29 is 9.21 Å². The smallest absolute Gasteiger partial charge is 0.275 e. The summed E-state index contributed by atoms with van der Waals surface area (Å²) in [7, 11) is 0. The van der Waals surface area contributed by atoms with Crippen LogP contribution in [0.15, 0.2) is 34.7 Å². The molecule has 1 aliphatic heterocycles. The van der Waals surface area contributed by atoms with E-state index in [1.54, 1.807) is 0 Å². The Labute approximate surface area is 151 Å². The molecule has 6 nitrogen and oxygen atoms in total. The van der Waals surface area contributed by atoms with Crippen molar-refractivity contribution in [1.29, 1.82) is 0 Å². The second-order valence-corrected chi connectivity index (χ2v) is 7.00. The number of rotatable bonds is 3. The number of oxazole rings is 1. The van der Waals surface area contributed by atoms with Gasteiger partial charge in [0.1, 0.15) is 11.5 Å². The van der Waals surface area contributed by atoms with Gasteiger partial charge in [0.25, 0.3) is 5.91 Å². The molecule has 2 aromatic heterocycles. The molecule has 1 aliphatic carbocycles. The summed E-state index contributed by atoms with van der Waals surface area (Å²) in [6.07, 6.45) is 4.41. The van der Waals surface area contributed by atoms with Crippen molar-refractivity contribution in [3.05, 3.63) is 70.2 Å². The van der Waals surface area contributed by atoms with Gasteiger partial charge in [-0.3, -0.25) is 9.89 Å². The fourth-order valence-corrected chi connectivity index (χ4v) is 3.92. The van der Waals surface area contributed by atoms with Gasteiger partial charge in [-0.1, -0.05) is 30.3 Å². The second-order valence-electron chi connectivity index (χ2n) is 7.00. The van der Waals surface area contributed by atoms with Crippen molar-refractivity contribution in [1.82, 2.24) is 20.1 Å². The number of H-pyrrole nitrogens is 1. The van der Waals surface area contributed by atoms with E-state index < -0.39 is 0 Å². The van der Waals surface area contributed by atoms with Crippen LogP contribution in [0, 0.1) is 0 Å². The number of hydrogen-bond acceptors (Lipinski definition) is 4. The molecule has 0 bridgehead atoms. The minimum absolute atomic E-state index is 0.00246. The van der Waals surface area contributed by atoms with Crippen molar-refractivity contribution in [2.45, 2.75) is 38.6 Å². The molecular weight excluding hydrogens is 328 g/mol. The summed E-state index contributed by atoms with van der Waals surface area (Å²) in [5, 5.41) is 7.30. The van der Waals surface area contributed by atoms with Gasteiger partial charge in [-0.05, 0) is 24.8 Å². The molecule has 2 aliphatic rings. The Hall–Kier alpha value is -2.89. The molecule has 26 heavy (non-hydrogen) atoms. The van der Waals surface area contributed by atoms with Gasteiger partial charge >= 0.3 is 0 Å². The number of carbonyl (C=O) groups excluding carboxylic acids is 1. The Kier molecular flexibility index (Phi) is 3.62. The fraction of sp³-hybridized carbons (Fsp3) is 0.350. The molecule has 5 rings (SSSR count). The first kappa shape index (κ1) is 15.4. The number of aromatic amines is 1. The van der Waals surface area contributed by atoms with E-state index in [2.05, 4.69) is 27.3 Å². The van der Waals surface area contributed by atoms with Crippen molar-refractivity contribution in [2.24, 2.45) is 0 Å². The van der Waals surface area contributed by atoms with Crippen molar-refractivity contribution in [2.75, 3.05) is 6.54 Å². The van der Waals surface area contributed by atoms with Gasteiger partial charge in [-0.2, -0.15) is 5.10 Å². The van der Waals surface area contributed by atoms with Gasteiger partial charge in [0.2, 0.25) is 0 Å². The van der Waals surface area contributed by atoms with E-state index in [1.165, 1.54) is 5.56 Å². The molecule has 3 heterocycles. The second kappa shape index (κ2) is 6.12. The zero-order chi connectivity index (χ0) is 17.5.